The minimum atomic E-state index is -0.844. The van der Waals surface area contributed by atoms with Gasteiger partial charge in [-0.3, -0.25) is 4.79 Å². The fourth-order valence-corrected chi connectivity index (χ4v) is 1.69. The van der Waals surface area contributed by atoms with E-state index in [-0.39, 0.29) is 6.42 Å². The summed E-state index contributed by atoms with van der Waals surface area (Å²) >= 11 is 0. The van der Waals surface area contributed by atoms with Gasteiger partial charge in [0.1, 0.15) is 0 Å². The maximum atomic E-state index is 10.5. The molecule has 0 spiro atoms. The third kappa shape index (κ3) is 3.77. The summed E-state index contributed by atoms with van der Waals surface area (Å²) in [6, 6.07) is 11.7. The van der Waals surface area contributed by atoms with Crippen LogP contribution in [0, 0.1) is 6.92 Å². The highest BCUT2D eigenvalue weighted by Crippen LogP contribution is 2.18. The summed E-state index contributed by atoms with van der Waals surface area (Å²) in [5.74, 6) is -0.386. The van der Waals surface area contributed by atoms with Crippen molar-refractivity contribution in [3.63, 3.8) is 0 Å². The van der Waals surface area contributed by atoms with Gasteiger partial charge in [-0.1, -0.05) is 30.3 Å². The van der Waals surface area contributed by atoms with Gasteiger partial charge >= 0.3 is 5.97 Å². The molecule has 5 nitrogen and oxygen atoms in total. The quantitative estimate of drug-likeness (QED) is 0.859. The van der Waals surface area contributed by atoms with Crippen LogP contribution in [0.15, 0.2) is 36.4 Å². The van der Waals surface area contributed by atoms with Crippen molar-refractivity contribution in [3.8, 4) is 11.3 Å². The number of hydrogen-bond acceptors (Lipinski definition) is 4. The van der Waals surface area contributed by atoms with Gasteiger partial charge in [0.05, 0.1) is 12.1 Å². The van der Waals surface area contributed by atoms with Crippen molar-refractivity contribution >= 4 is 11.9 Å². The second-order valence-corrected chi connectivity index (χ2v) is 4.15. The number of benzene rings is 1. The summed E-state index contributed by atoms with van der Waals surface area (Å²) in [5.41, 5.74) is 2.67. The molecule has 0 bridgehead atoms. The number of hydrogen-bond donors (Lipinski definition) is 2. The van der Waals surface area contributed by atoms with Crippen LogP contribution in [0.5, 0.6) is 0 Å². The lowest BCUT2D eigenvalue weighted by Gasteiger charge is -2.07. The minimum Gasteiger partial charge on any atom is -0.481 e. The Balaban J connectivity index is 2.18. The second kappa shape index (κ2) is 5.95. The molecule has 0 aliphatic rings. The number of aliphatic carboxylic acids is 1. The van der Waals surface area contributed by atoms with Gasteiger partial charge in [0.15, 0.2) is 0 Å². The van der Waals surface area contributed by atoms with Crippen LogP contribution in [-0.4, -0.2) is 27.6 Å². The van der Waals surface area contributed by atoms with Crippen molar-refractivity contribution in [2.75, 3.05) is 11.9 Å². The fraction of sp³-hybridized carbons (Fsp3) is 0.214. The van der Waals surface area contributed by atoms with Crippen LogP contribution in [0.4, 0.5) is 5.95 Å². The Morgan fingerprint density at radius 1 is 1.26 bits per heavy atom. The SMILES string of the molecule is Cc1cc(-c2ccccc2)nc(NCCC(=O)O)n1. The van der Waals surface area contributed by atoms with Gasteiger partial charge in [0, 0.05) is 17.8 Å². The van der Waals surface area contributed by atoms with Crippen molar-refractivity contribution in [3.05, 3.63) is 42.1 Å². The number of nitrogens with zero attached hydrogens (tertiary/aromatic N) is 2. The molecule has 1 aromatic carbocycles. The van der Waals surface area contributed by atoms with E-state index in [1.165, 1.54) is 0 Å². The lowest BCUT2D eigenvalue weighted by atomic mass is 10.1. The molecule has 0 atom stereocenters. The molecule has 0 aliphatic carbocycles. The zero-order valence-corrected chi connectivity index (χ0v) is 10.6. The number of carbonyl (C=O) groups is 1. The van der Waals surface area contributed by atoms with Gasteiger partial charge in [-0.15, -0.1) is 0 Å². The van der Waals surface area contributed by atoms with E-state index in [4.69, 9.17) is 5.11 Å². The predicted octanol–water partition coefficient (Wildman–Crippen LogP) is 2.34. The van der Waals surface area contributed by atoms with Crippen LogP contribution < -0.4 is 5.32 Å². The van der Waals surface area contributed by atoms with E-state index >= 15 is 0 Å². The molecule has 2 aromatic rings. The maximum Gasteiger partial charge on any atom is 0.305 e. The van der Waals surface area contributed by atoms with Gasteiger partial charge in [-0.2, -0.15) is 0 Å². The zero-order chi connectivity index (χ0) is 13.7. The molecule has 0 radical (unpaired) electrons. The Kier molecular flexibility index (Phi) is 4.07. The molecule has 19 heavy (non-hydrogen) atoms. The topological polar surface area (TPSA) is 75.1 Å². The fourth-order valence-electron chi connectivity index (χ4n) is 1.69. The van der Waals surface area contributed by atoms with Crippen LogP contribution in [0.3, 0.4) is 0 Å². The number of carboxylic acids is 1. The molecule has 0 aliphatic heterocycles. The van der Waals surface area contributed by atoms with E-state index in [1.54, 1.807) is 0 Å². The minimum absolute atomic E-state index is 0.0397. The van der Waals surface area contributed by atoms with Crippen molar-refractivity contribution in [1.82, 2.24) is 9.97 Å². The van der Waals surface area contributed by atoms with Crippen molar-refractivity contribution in [2.24, 2.45) is 0 Å². The Morgan fingerprint density at radius 2 is 2.00 bits per heavy atom. The highest BCUT2D eigenvalue weighted by atomic mass is 16.4. The summed E-state index contributed by atoms with van der Waals surface area (Å²) in [7, 11) is 0. The average Bonchev–Trinajstić information content (AvgIpc) is 2.39. The highest BCUT2D eigenvalue weighted by molar-refractivity contribution is 5.67. The van der Waals surface area contributed by atoms with Crippen LogP contribution in [0.2, 0.25) is 0 Å². The van der Waals surface area contributed by atoms with Crippen molar-refractivity contribution < 1.29 is 9.90 Å². The number of aromatic nitrogens is 2. The number of rotatable bonds is 5. The Bertz CT molecular complexity index is 570. The van der Waals surface area contributed by atoms with E-state index < -0.39 is 5.97 Å². The van der Waals surface area contributed by atoms with Crippen molar-refractivity contribution in [1.29, 1.82) is 0 Å². The summed E-state index contributed by atoms with van der Waals surface area (Å²) in [4.78, 5) is 19.1. The largest absolute Gasteiger partial charge is 0.481 e. The molecular weight excluding hydrogens is 242 g/mol. The van der Waals surface area contributed by atoms with Crippen LogP contribution >= 0.6 is 0 Å². The summed E-state index contributed by atoms with van der Waals surface area (Å²) in [6.07, 6.45) is 0.0397. The lowest BCUT2D eigenvalue weighted by molar-refractivity contribution is -0.136. The first-order chi connectivity index (χ1) is 9.15. The van der Waals surface area contributed by atoms with Crippen LogP contribution in [-0.2, 0) is 4.79 Å². The number of anilines is 1. The van der Waals surface area contributed by atoms with Gasteiger partial charge < -0.3 is 10.4 Å². The molecule has 1 heterocycles. The highest BCUT2D eigenvalue weighted by Gasteiger charge is 2.04. The smallest absolute Gasteiger partial charge is 0.305 e. The van der Waals surface area contributed by atoms with E-state index in [9.17, 15) is 4.79 Å². The lowest BCUT2D eigenvalue weighted by Crippen LogP contribution is -2.10. The molecule has 0 fully saturated rings. The van der Waals surface area contributed by atoms with Crippen LogP contribution in [0.25, 0.3) is 11.3 Å². The summed E-state index contributed by atoms with van der Waals surface area (Å²) < 4.78 is 0. The first-order valence-corrected chi connectivity index (χ1v) is 6.02. The molecule has 5 heteroatoms. The first-order valence-electron chi connectivity index (χ1n) is 6.02. The zero-order valence-electron chi connectivity index (χ0n) is 10.6. The van der Waals surface area contributed by atoms with E-state index in [0.29, 0.717) is 12.5 Å². The standard InChI is InChI=1S/C14H15N3O2/c1-10-9-12(11-5-3-2-4-6-11)17-14(16-10)15-8-7-13(18)19/h2-6,9H,7-8H2,1H3,(H,18,19)(H,15,16,17). The average molecular weight is 257 g/mol. The molecule has 0 saturated carbocycles. The molecular formula is C14H15N3O2. The van der Waals surface area contributed by atoms with Crippen molar-refractivity contribution in [2.45, 2.75) is 13.3 Å². The molecule has 2 rings (SSSR count). The molecule has 0 amide bonds. The van der Waals surface area contributed by atoms with Gasteiger partial charge in [0.2, 0.25) is 5.95 Å². The third-order valence-corrected chi connectivity index (χ3v) is 2.55. The molecule has 2 N–H and O–H groups in total. The molecule has 1 aromatic heterocycles. The first kappa shape index (κ1) is 13.0. The second-order valence-electron chi connectivity index (χ2n) is 4.15. The molecule has 0 saturated heterocycles. The monoisotopic (exact) mass is 257 g/mol. The Hall–Kier alpha value is -2.43. The molecule has 98 valence electrons. The summed E-state index contributed by atoms with van der Waals surface area (Å²) in [5, 5.41) is 11.5. The van der Waals surface area contributed by atoms with Gasteiger partial charge in [0.25, 0.3) is 0 Å². The van der Waals surface area contributed by atoms with E-state index in [0.717, 1.165) is 17.0 Å². The van der Waals surface area contributed by atoms with Gasteiger partial charge in [-0.25, -0.2) is 9.97 Å². The normalized spacial score (nSPS) is 10.2. The molecule has 0 unspecified atom stereocenters. The van der Waals surface area contributed by atoms with Gasteiger partial charge in [-0.05, 0) is 13.0 Å². The number of aryl methyl sites for hydroxylation is 1. The van der Waals surface area contributed by atoms with Crippen LogP contribution in [0.1, 0.15) is 12.1 Å². The van der Waals surface area contributed by atoms with E-state index in [1.807, 2.05) is 43.3 Å². The maximum absolute atomic E-state index is 10.5. The predicted molar refractivity (Wildman–Crippen MR) is 72.9 cm³/mol. The van der Waals surface area contributed by atoms with E-state index in [2.05, 4.69) is 15.3 Å². The Morgan fingerprint density at radius 3 is 2.68 bits per heavy atom. The summed E-state index contributed by atoms with van der Waals surface area (Å²) in [6.45, 7) is 2.20. The number of carboxylic acid groups (broad SMARTS) is 1. The number of nitrogens with one attached hydrogen (secondary N) is 1. The third-order valence-electron chi connectivity index (χ3n) is 2.55. The Labute approximate surface area is 111 Å².